The van der Waals surface area contributed by atoms with E-state index in [2.05, 4.69) is 22.0 Å². The van der Waals surface area contributed by atoms with Crippen molar-refractivity contribution in [3.05, 3.63) is 40.4 Å². The summed E-state index contributed by atoms with van der Waals surface area (Å²) in [6.07, 6.45) is 2.79. The first-order chi connectivity index (χ1) is 11.3. The van der Waals surface area contributed by atoms with Crippen molar-refractivity contribution < 1.29 is 14.2 Å². The standard InChI is InChI=1S/C17H26BrO3PS2/c1-13(2)20-22(23,21-14(3)4)24-12-10-16(9-11-19)15-5-7-17(18)8-6-15/h5-8,10,13-14,19H,9,11-12H2,1-4H3/b16-10+. The summed E-state index contributed by atoms with van der Waals surface area (Å²) in [5, 5.41) is 9.33. The number of rotatable bonds is 10. The molecular formula is C17H26BrO3PS2. The molecule has 0 bridgehead atoms. The fourth-order valence-electron chi connectivity index (χ4n) is 1.98. The van der Waals surface area contributed by atoms with Crippen molar-refractivity contribution in [3.63, 3.8) is 0 Å². The molecule has 136 valence electrons. The Morgan fingerprint density at radius 3 is 2.21 bits per heavy atom. The highest BCUT2D eigenvalue weighted by atomic mass is 79.9. The zero-order valence-corrected chi connectivity index (χ0v) is 18.7. The van der Waals surface area contributed by atoms with Gasteiger partial charge in [-0.25, -0.2) is 0 Å². The van der Waals surface area contributed by atoms with Crippen molar-refractivity contribution >= 4 is 50.4 Å². The van der Waals surface area contributed by atoms with Crippen LogP contribution in [0.2, 0.25) is 0 Å². The Morgan fingerprint density at radius 1 is 1.21 bits per heavy atom. The summed E-state index contributed by atoms with van der Waals surface area (Å²) in [7, 11) is 0. The Kier molecular flexibility index (Phi) is 10.4. The van der Waals surface area contributed by atoms with Crippen LogP contribution in [0.25, 0.3) is 5.57 Å². The summed E-state index contributed by atoms with van der Waals surface area (Å²) in [6.45, 7) is 8.01. The third-order valence-electron chi connectivity index (χ3n) is 2.84. The van der Waals surface area contributed by atoms with Gasteiger partial charge in [-0.3, -0.25) is 0 Å². The van der Waals surface area contributed by atoms with E-state index < -0.39 is 5.69 Å². The van der Waals surface area contributed by atoms with Gasteiger partial charge in [0.1, 0.15) is 0 Å². The fraction of sp³-hybridized carbons (Fsp3) is 0.529. The lowest BCUT2D eigenvalue weighted by Crippen LogP contribution is -2.06. The van der Waals surface area contributed by atoms with E-state index >= 15 is 0 Å². The molecule has 0 aliphatic carbocycles. The molecule has 0 spiro atoms. The molecule has 0 heterocycles. The van der Waals surface area contributed by atoms with E-state index in [0.717, 1.165) is 15.6 Å². The molecule has 3 nitrogen and oxygen atoms in total. The van der Waals surface area contributed by atoms with E-state index in [0.29, 0.717) is 12.2 Å². The first-order valence-electron chi connectivity index (χ1n) is 7.93. The minimum atomic E-state index is -2.37. The van der Waals surface area contributed by atoms with Gasteiger partial charge in [0.05, 0.1) is 12.2 Å². The molecule has 0 aliphatic heterocycles. The van der Waals surface area contributed by atoms with Gasteiger partial charge in [-0.2, -0.15) is 0 Å². The molecule has 1 aromatic rings. The second-order valence-electron chi connectivity index (χ2n) is 5.76. The Morgan fingerprint density at radius 2 is 1.75 bits per heavy atom. The minimum absolute atomic E-state index is 0.0365. The first kappa shape index (κ1) is 22.4. The number of halogens is 1. The van der Waals surface area contributed by atoms with E-state index in [4.69, 9.17) is 20.9 Å². The molecule has 24 heavy (non-hydrogen) atoms. The average molecular weight is 453 g/mol. The molecule has 0 unspecified atom stereocenters. The second kappa shape index (κ2) is 11.1. The molecule has 0 radical (unpaired) electrons. The lowest BCUT2D eigenvalue weighted by Gasteiger charge is -2.25. The summed E-state index contributed by atoms with van der Waals surface area (Å²) >= 11 is 10.6. The molecule has 0 fully saturated rings. The first-order valence-corrected chi connectivity index (χ1v) is 12.9. The van der Waals surface area contributed by atoms with Crippen LogP contribution in [-0.4, -0.2) is 29.7 Å². The predicted octanol–water partition coefficient (Wildman–Crippen LogP) is 6.02. The maximum Gasteiger partial charge on any atom is 0.248 e. The summed E-state index contributed by atoms with van der Waals surface area (Å²) in [4.78, 5) is 0. The third-order valence-corrected chi connectivity index (χ3v) is 8.74. The zero-order valence-electron chi connectivity index (χ0n) is 14.6. The molecular weight excluding hydrogens is 427 g/mol. The van der Waals surface area contributed by atoms with Gasteiger partial charge in [0, 0.05) is 16.8 Å². The van der Waals surface area contributed by atoms with E-state index in [9.17, 15) is 5.11 Å². The largest absolute Gasteiger partial charge is 0.396 e. The van der Waals surface area contributed by atoms with Gasteiger partial charge in [-0.05, 0) is 69.2 Å². The molecule has 7 heteroatoms. The number of aliphatic hydroxyl groups is 1. The van der Waals surface area contributed by atoms with Crippen molar-refractivity contribution in [3.8, 4) is 0 Å². The van der Waals surface area contributed by atoms with Crippen molar-refractivity contribution in [2.75, 3.05) is 12.4 Å². The van der Waals surface area contributed by atoms with Gasteiger partial charge >= 0.3 is 0 Å². The van der Waals surface area contributed by atoms with E-state index in [-0.39, 0.29) is 18.8 Å². The van der Waals surface area contributed by atoms with Gasteiger partial charge in [-0.1, -0.05) is 45.5 Å². The normalized spacial score (nSPS) is 13.1. The fourth-order valence-corrected chi connectivity index (χ4v) is 7.66. The van der Waals surface area contributed by atoms with Crippen LogP contribution in [0.4, 0.5) is 0 Å². The SMILES string of the molecule is CC(C)OP(=S)(OC(C)C)SC/C=C(\CCO)c1ccc(Br)cc1. The zero-order chi connectivity index (χ0) is 18.2. The van der Waals surface area contributed by atoms with Crippen molar-refractivity contribution in [1.82, 2.24) is 0 Å². The van der Waals surface area contributed by atoms with E-state index in [1.165, 1.54) is 0 Å². The predicted molar refractivity (Wildman–Crippen MR) is 113 cm³/mol. The Bertz CT molecular complexity index is 560. The summed E-state index contributed by atoms with van der Waals surface area (Å²) in [5.41, 5.74) is -0.159. The van der Waals surface area contributed by atoms with Gasteiger partial charge < -0.3 is 14.2 Å². The third kappa shape index (κ3) is 8.61. The highest BCUT2D eigenvalue weighted by molar-refractivity contribution is 9.10. The lowest BCUT2D eigenvalue weighted by molar-refractivity contribution is 0.186. The monoisotopic (exact) mass is 452 g/mol. The van der Waals surface area contributed by atoms with E-state index in [1.54, 1.807) is 11.4 Å². The Labute approximate surface area is 163 Å². The Hall–Kier alpha value is 0.320. The maximum absolute atomic E-state index is 9.33. The molecule has 0 atom stereocenters. The van der Waals surface area contributed by atoms with Crippen molar-refractivity contribution in [1.29, 1.82) is 0 Å². The minimum Gasteiger partial charge on any atom is -0.396 e. The Balaban J connectivity index is 2.84. The van der Waals surface area contributed by atoms with Gasteiger partial charge in [0.15, 0.2) is 0 Å². The molecule has 0 aliphatic rings. The van der Waals surface area contributed by atoms with Crippen LogP contribution in [-0.2, 0) is 20.9 Å². The van der Waals surface area contributed by atoms with Crippen LogP contribution < -0.4 is 0 Å². The van der Waals surface area contributed by atoms with Crippen LogP contribution >= 0.6 is 33.0 Å². The molecule has 0 saturated heterocycles. The average Bonchev–Trinajstić information content (AvgIpc) is 2.45. The molecule has 0 amide bonds. The van der Waals surface area contributed by atoms with Crippen LogP contribution in [0.5, 0.6) is 0 Å². The highest BCUT2D eigenvalue weighted by Crippen LogP contribution is 2.62. The molecule has 0 aromatic heterocycles. The van der Waals surface area contributed by atoms with Gasteiger partial charge in [0.25, 0.3) is 0 Å². The highest BCUT2D eigenvalue weighted by Gasteiger charge is 2.22. The van der Waals surface area contributed by atoms with Crippen molar-refractivity contribution in [2.45, 2.75) is 46.3 Å². The van der Waals surface area contributed by atoms with Crippen LogP contribution in [0.15, 0.2) is 34.8 Å². The van der Waals surface area contributed by atoms with Crippen LogP contribution in [0.1, 0.15) is 39.7 Å². The van der Waals surface area contributed by atoms with E-state index in [1.807, 2.05) is 52.0 Å². The van der Waals surface area contributed by atoms with Crippen LogP contribution in [0, 0.1) is 0 Å². The topological polar surface area (TPSA) is 38.7 Å². The quantitative estimate of drug-likeness (QED) is 0.439. The molecule has 1 aromatic carbocycles. The number of benzene rings is 1. The smallest absolute Gasteiger partial charge is 0.248 e. The summed E-state index contributed by atoms with van der Waals surface area (Å²) < 4.78 is 12.8. The van der Waals surface area contributed by atoms with Crippen LogP contribution in [0.3, 0.4) is 0 Å². The second-order valence-corrected chi connectivity index (χ2v) is 12.9. The molecule has 0 saturated carbocycles. The van der Waals surface area contributed by atoms with Gasteiger partial charge in [-0.15, -0.1) is 0 Å². The molecule has 1 rings (SSSR count). The van der Waals surface area contributed by atoms with Gasteiger partial charge in [0.2, 0.25) is 5.69 Å². The number of aliphatic hydroxyl groups excluding tert-OH is 1. The number of hydrogen-bond acceptors (Lipinski definition) is 5. The number of hydrogen-bond donors (Lipinski definition) is 1. The van der Waals surface area contributed by atoms with Crippen molar-refractivity contribution in [2.24, 2.45) is 0 Å². The lowest BCUT2D eigenvalue weighted by atomic mass is 10.0. The summed E-state index contributed by atoms with van der Waals surface area (Å²) in [5.74, 6) is 0.697. The molecule has 1 N–H and O–H groups in total. The maximum atomic E-state index is 9.33. The summed E-state index contributed by atoms with van der Waals surface area (Å²) in [6, 6.07) is 8.09.